The number of aromatic nitrogens is 2. The molecule has 1 unspecified atom stereocenters. The highest BCUT2D eigenvalue weighted by atomic mass is 16.2. The van der Waals surface area contributed by atoms with Crippen LogP contribution in [0.4, 0.5) is 0 Å². The van der Waals surface area contributed by atoms with Crippen LogP contribution in [0.1, 0.15) is 12.0 Å². The molecule has 2 aliphatic rings. The molecule has 2 amide bonds. The first-order chi connectivity index (χ1) is 11.2. The Morgan fingerprint density at radius 2 is 2.26 bits per heavy atom. The third-order valence-corrected chi connectivity index (χ3v) is 4.66. The molecule has 2 aromatic heterocycles. The molecule has 1 atom stereocenters. The van der Waals surface area contributed by atoms with E-state index in [4.69, 9.17) is 0 Å². The van der Waals surface area contributed by atoms with E-state index in [9.17, 15) is 9.59 Å². The SMILES string of the molecule is O=C(NCc1ccn2ccnc2c1)C1CC(=O)N(C2CNC2)C1. The van der Waals surface area contributed by atoms with Crippen LogP contribution in [-0.4, -0.2) is 51.8 Å². The second kappa shape index (κ2) is 5.66. The van der Waals surface area contributed by atoms with Crippen LogP contribution >= 0.6 is 0 Å². The smallest absolute Gasteiger partial charge is 0.225 e. The summed E-state index contributed by atoms with van der Waals surface area (Å²) in [4.78, 5) is 30.4. The fourth-order valence-electron chi connectivity index (χ4n) is 3.15. The Balaban J connectivity index is 1.35. The first-order valence-electron chi connectivity index (χ1n) is 7.90. The summed E-state index contributed by atoms with van der Waals surface area (Å²) in [6, 6.07) is 4.18. The zero-order valence-electron chi connectivity index (χ0n) is 12.7. The molecule has 7 nitrogen and oxygen atoms in total. The minimum absolute atomic E-state index is 0.0450. The maximum atomic E-state index is 12.3. The van der Waals surface area contributed by atoms with Crippen molar-refractivity contribution >= 4 is 17.5 Å². The molecule has 4 heterocycles. The van der Waals surface area contributed by atoms with Crippen LogP contribution in [0.25, 0.3) is 5.65 Å². The molecule has 0 aliphatic carbocycles. The maximum Gasteiger partial charge on any atom is 0.225 e. The zero-order valence-corrected chi connectivity index (χ0v) is 12.7. The number of hydrogen-bond donors (Lipinski definition) is 2. The fourth-order valence-corrected chi connectivity index (χ4v) is 3.15. The number of hydrogen-bond acceptors (Lipinski definition) is 4. The van der Waals surface area contributed by atoms with Crippen molar-refractivity contribution in [2.75, 3.05) is 19.6 Å². The summed E-state index contributed by atoms with van der Waals surface area (Å²) >= 11 is 0. The van der Waals surface area contributed by atoms with Gasteiger partial charge in [0.05, 0.1) is 12.0 Å². The number of carbonyl (C=O) groups excluding carboxylic acids is 2. The Morgan fingerprint density at radius 1 is 1.39 bits per heavy atom. The molecule has 4 rings (SSSR count). The molecule has 2 aromatic rings. The molecule has 0 bridgehead atoms. The van der Waals surface area contributed by atoms with Gasteiger partial charge in [-0.25, -0.2) is 4.98 Å². The van der Waals surface area contributed by atoms with Gasteiger partial charge >= 0.3 is 0 Å². The van der Waals surface area contributed by atoms with Crippen molar-refractivity contribution in [2.24, 2.45) is 5.92 Å². The minimum Gasteiger partial charge on any atom is -0.352 e. The highest BCUT2D eigenvalue weighted by molar-refractivity contribution is 5.89. The second-order valence-corrected chi connectivity index (χ2v) is 6.20. The first kappa shape index (κ1) is 14.2. The largest absolute Gasteiger partial charge is 0.352 e. The average Bonchev–Trinajstić information content (AvgIpc) is 3.10. The molecule has 0 radical (unpaired) electrons. The van der Waals surface area contributed by atoms with Crippen LogP contribution in [0, 0.1) is 5.92 Å². The predicted octanol–water partition coefficient (Wildman–Crippen LogP) is -0.229. The van der Waals surface area contributed by atoms with Gasteiger partial charge in [0.1, 0.15) is 5.65 Å². The van der Waals surface area contributed by atoms with Crippen LogP contribution in [0.5, 0.6) is 0 Å². The summed E-state index contributed by atoms with van der Waals surface area (Å²) in [6.45, 7) is 2.67. The summed E-state index contributed by atoms with van der Waals surface area (Å²) in [7, 11) is 0. The van der Waals surface area contributed by atoms with Crippen LogP contribution < -0.4 is 10.6 Å². The lowest BCUT2D eigenvalue weighted by molar-refractivity contribution is -0.131. The zero-order chi connectivity index (χ0) is 15.8. The van der Waals surface area contributed by atoms with Crippen LogP contribution in [0.15, 0.2) is 30.7 Å². The standard InChI is InChI=1S/C16H19N5O2/c22-15-6-12(10-21(15)13-8-17-9-13)16(23)19-7-11-1-3-20-4-2-18-14(20)5-11/h1-5,12-13,17H,6-10H2,(H,19,23). The number of likely N-dealkylation sites (tertiary alicyclic amines) is 1. The minimum atomic E-state index is -0.238. The molecule has 23 heavy (non-hydrogen) atoms. The average molecular weight is 313 g/mol. The van der Waals surface area contributed by atoms with E-state index in [2.05, 4.69) is 15.6 Å². The topological polar surface area (TPSA) is 78.7 Å². The van der Waals surface area contributed by atoms with Gasteiger partial charge in [-0.05, 0) is 17.7 Å². The summed E-state index contributed by atoms with van der Waals surface area (Å²) in [5.41, 5.74) is 1.86. The number of imidazole rings is 1. The number of nitrogens with one attached hydrogen (secondary N) is 2. The van der Waals surface area contributed by atoms with Crippen molar-refractivity contribution < 1.29 is 9.59 Å². The van der Waals surface area contributed by atoms with Crippen LogP contribution in [0.3, 0.4) is 0 Å². The maximum absolute atomic E-state index is 12.3. The van der Waals surface area contributed by atoms with Gasteiger partial charge in [0.2, 0.25) is 11.8 Å². The molecular weight excluding hydrogens is 294 g/mol. The summed E-state index contributed by atoms with van der Waals surface area (Å²) in [5.74, 6) is -0.190. The highest BCUT2D eigenvalue weighted by Gasteiger charge is 2.39. The number of rotatable bonds is 4. The van der Waals surface area contributed by atoms with Crippen molar-refractivity contribution in [1.82, 2.24) is 24.9 Å². The lowest BCUT2D eigenvalue weighted by atomic mass is 10.1. The molecule has 2 fully saturated rings. The summed E-state index contributed by atoms with van der Waals surface area (Å²) in [6.07, 6.45) is 5.87. The monoisotopic (exact) mass is 313 g/mol. The Labute approximate surface area is 133 Å². The number of nitrogens with zero attached hydrogens (tertiary/aromatic N) is 3. The highest BCUT2D eigenvalue weighted by Crippen LogP contribution is 2.22. The van der Waals surface area contributed by atoms with E-state index in [0.29, 0.717) is 19.5 Å². The molecular formula is C16H19N5O2. The van der Waals surface area contributed by atoms with E-state index in [0.717, 1.165) is 24.3 Å². The van der Waals surface area contributed by atoms with E-state index in [1.807, 2.05) is 33.8 Å². The second-order valence-electron chi connectivity index (χ2n) is 6.20. The lowest BCUT2D eigenvalue weighted by Crippen LogP contribution is -2.57. The van der Waals surface area contributed by atoms with Gasteiger partial charge in [-0.15, -0.1) is 0 Å². The third-order valence-electron chi connectivity index (χ3n) is 4.66. The first-order valence-corrected chi connectivity index (χ1v) is 7.90. The summed E-state index contributed by atoms with van der Waals surface area (Å²) in [5, 5.41) is 6.10. The van der Waals surface area contributed by atoms with Gasteiger partial charge in [-0.2, -0.15) is 0 Å². The number of fused-ring (bicyclic) bond motifs is 1. The molecule has 2 saturated heterocycles. The molecule has 0 aromatic carbocycles. The van der Waals surface area contributed by atoms with E-state index in [1.165, 1.54) is 0 Å². The molecule has 2 N–H and O–H groups in total. The number of amides is 2. The number of pyridine rings is 1. The molecule has 0 saturated carbocycles. The van der Waals surface area contributed by atoms with Crippen molar-refractivity contribution in [3.05, 3.63) is 36.3 Å². The van der Waals surface area contributed by atoms with E-state index in [-0.39, 0.29) is 23.8 Å². The van der Waals surface area contributed by atoms with Crippen LogP contribution in [0.2, 0.25) is 0 Å². The van der Waals surface area contributed by atoms with Gasteiger partial charge < -0.3 is 19.9 Å². The van der Waals surface area contributed by atoms with Gasteiger partial charge in [0, 0.05) is 51.2 Å². The van der Waals surface area contributed by atoms with Crippen LogP contribution in [-0.2, 0) is 16.1 Å². The normalized spacial score (nSPS) is 21.7. The quantitative estimate of drug-likeness (QED) is 0.817. The predicted molar refractivity (Wildman–Crippen MR) is 83.5 cm³/mol. The molecule has 120 valence electrons. The van der Waals surface area contributed by atoms with Crippen molar-refractivity contribution in [1.29, 1.82) is 0 Å². The Bertz CT molecular complexity index is 752. The lowest BCUT2D eigenvalue weighted by Gasteiger charge is -2.35. The molecule has 0 spiro atoms. The number of carbonyl (C=O) groups is 2. The van der Waals surface area contributed by atoms with Crippen molar-refractivity contribution in [2.45, 2.75) is 19.0 Å². The summed E-state index contributed by atoms with van der Waals surface area (Å²) < 4.78 is 1.92. The van der Waals surface area contributed by atoms with E-state index >= 15 is 0 Å². The third kappa shape index (κ3) is 2.68. The van der Waals surface area contributed by atoms with E-state index in [1.54, 1.807) is 6.20 Å². The Kier molecular flexibility index (Phi) is 3.49. The van der Waals surface area contributed by atoms with E-state index < -0.39 is 0 Å². The molecule has 2 aliphatic heterocycles. The van der Waals surface area contributed by atoms with Gasteiger partial charge in [-0.3, -0.25) is 9.59 Å². The molecule has 7 heteroatoms. The Morgan fingerprint density at radius 3 is 3.04 bits per heavy atom. The van der Waals surface area contributed by atoms with Gasteiger partial charge in [0.25, 0.3) is 0 Å². The Hall–Kier alpha value is -2.41. The van der Waals surface area contributed by atoms with Crippen molar-refractivity contribution in [3.8, 4) is 0 Å². The fraction of sp³-hybridized carbons (Fsp3) is 0.438. The van der Waals surface area contributed by atoms with Gasteiger partial charge in [0.15, 0.2) is 0 Å². The van der Waals surface area contributed by atoms with Crippen molar-refractivity contribution in [3.63, 3.8) is 0 Å². The van der Waals surface area contributed by atoms with Gasteiger partial charge in [-0.1, -0.05) is 0 Å².